The van der Waals surface area contributed by atoms with Crippen LogP contribution in [0.5, 0.6) is 0 Å². The minimum Gasteiger partial charge on any atom is -0.436 e. The topological polar surface area (TPSA) is 57.2 Å². The Balaban J connectivity index is 0.823. The molecule has 0 saturated carbocycles. The number of aromatic nitrogens is 1. The van der Waals surface area contributed by atoms with Gasteiger partial charge in [-0.3, -0.25) is 9.98 Å². The zero-order chi connectivity index (χ0) is 46.1. The van der Waals surface area contributed by atoms with Crippen LogP contribution in [0.25, 0.3) is 74.0 Å². The van der Waals surface area contributed by atoms with E-state index < -0.39 is 0 Å². The molecule has 6 nitrogen and oxygen atoms in total. The van der Waals surface area contributed by atoms with Crippen molar-refractivity contribution in [2.24, 2.45) is 9.98 Å². The molecule has 0 saturated heterocycles. The van der Waals surface area contributed by atoms with E-state index in [9.17, 15) is 0 Å². The number of rotatable bonds is 9. The largest absolute Gasteiger partial charge is 0.436 e. The summed E-state index contributed by atoms with van der Waals surface area (Å²) in [6.45, 7) is 0. The number of para-hydroxylation sites is 6. The molecule has 4 heterocycles. The van der Waals surface area contributed by atoms with Crippen LogP contribution in [0.4, 0.5) is 34.1 Å². The van der Waals surface area contributed by atoms with Crippen molar-refractivity contribution in [3.05, 3.63) is 247 Å². The molecule has 70 heavy (non-hydrogen) atoms. The Morgan fingerprint density at radius 3 is 1.67 bits per heavy atom. The van der Waals surface area contributed by atoms with E-state index >= 15 is 0 Å². The lowest BCUT2D eigenvalue weighted by Gasteiger charge is -2.26. The smallest absolute Gasteiger partial charge is 0.227 e. The van der Waals surface area contributed by atoms with Crippen LogP contribution in [-0.2, 0) is 0 Å². The molecule has 0 bridgehead atoms. The van der Waals surface area contributed by atoms with Gasteiger partial charge in [0, 0.05) is 80.0 Å². The lowest BCUT2D eigenvalue weighted by atomic mass is 10.0. The number of nitrogens with zero attached hydrogens (tertiary/aromatic N) is 5. The van der Waals surface area contributed by atoms with E-state index in [2.05, 4.69) is 192 Å². The Labute approximate surface area is 410 Å². The highest BCUT2D eigenvalue weighted by Crippen LogP contribution is 2.46. The Hall–Kier alpha value is -8.69. The van der Waals surface area contributed by atoms with Crippen LogP contribution in [0.2, 0.25) is 0 Å². The van der Waals surface area contributed by atoms with Crippen LogP contribution in [0.3, 0.4) is 0 Å². The van der Waals surface area contributed by atoms with Gasteiger partial charge >= 0.3 is 0 Å². The summed E-state index contributed by atoms with van der Waals surface area (Å²) in [5.41, 5.74) is 12.6. The SMILES string of the molecule is c1ccc(N(c2ccc(-c3nc4ccccc4o3)cc2)c2ccc3c(c2)sc2c(-c4ccc5sc6ccc(N(c7ccccc7)c7ccc(C8N=c9ccccc9=N8)cc7)cc6c5c4)cccc23)cc1. The zero-order valence-corrected chi connectivity index (χ0v) is 39.1. The quantitative estimate of drug-likeness (QED) is 0.145. The van der Waals surface area contributed by atoms with Crippen LogP contribution in [0.15, 0.2) is 245 Å². The number of thiophene rings is 2. The third-order valence-corrected chi connectivity index (χ3v) is 15.7. The normalized spacial score (nSPS) is 12.5. The molecule has 1 aliphatic heterocycles. The fraction of sp³-hybridized carbons (Fsp3) is 0.0161. The van der Waals surface area contributed by atoms with E-state index in [4.69, 9.17) is 19.4 Å². The molecule has 0 atom stereocenters. The molecule has 0 unspecified atom stereocenters. The molecule has 330 valence electrons. The van der Waals surface area contributed by atoms with Crippen LogP contribution in [0.1, 0.15) is 11.7 Å². The predicted octanol–water partition coefficient (Wildman–Crippen LogP) is 16.8. The fourth-order valence-corrected chi connectivity index (χ4v) is 12.3. The van der Waals surface area contributed by atoms with Crippen LogP contribution >= 0.6 is 22.7 Å². The maximum absolute atomic E-state index is 6.12. The number of fused-ring (bicyclic) bond motifs is 8. The molecular weight excluding hydrogens is 895 g/mol. The van der Waals surface area contributed by atoms with Gasteiger partial charge in [0.2, 0.25) is 5.89 Å². The van der Waals surface area contributed by atoms with Gasteiger partial charge in [-0.15, -0.1) is 22.7 Å². The van der Waals surface area contributed by atoms with Crippen molar-refractivity contribution >= 4 is 108 Å². The maximum atomic E-state index is 6.12. The summed E-state index contributed by atoms with van der Waals surface area (Å²) in [4.78, 5) is 19.2. The van der Waals surface area contributed by atoms with Crippen molar-refractivity contribution in [3.8, 4) is 22.6 Å². The number of oxazole rings is 1. The number of benzene rings is 10. The molecular formula is C62H39N5OS2. The van der Waals surface area contributed by atoms with Crippen molar-refractivity contribution in [1.29, 1.82) is 0 Å². The summed E-state index contributed by atoms with van der Waals surface area (Å²) in [7, 11) is 0. The van der Waals surface area contributed by atoms with Crippen molar-refractivity contribution in [2.45, 2.75) is 6.17 Å². The highest BCUT2D eigenvalue weighted by atomic mass is 32.1. The predicted molar refractivity (Wildman–Crippen MR) is 292 cm³/mol. The van der Waals surface area contributed by atoms with E-state index in [-0.39, 0.29) is 6.17 Å². The molecule has 3 aromatic heterocycles. The van der Waals surface area contributed by atoms with Gasteiger partial charge in [0.05, 0.1) is 10.7 Å². The van der Waals surface area contributed by atoms with Crippen LogP contribution in [-0.4, -0.2) is 4.98 Å². The molecule has 0 N–H and O–H groups in total. The highest BCUT2D eigenvalue weighted by molar-refractivity contribution is 7.26. The summed E-state index contributed by atoms with van der Waals surface area (Å²) >= 11 is 3.71. The fourth-order valence-electron chi connectivity index (χ4n) is 9.94. The minimum absolute atomic E-state index is 0.233. The van der Waals surface area contributed by atoms with Crippen LogP contribution < -0.4 is 20.5 Å². The Bertz CT molecular complexity index is 4190. The Morgan fingerprint density at radius 1 is 0.386 bits per heavy atom. The molecule has 8 heteroatoms. The van der Waals surface area contributed by atoms with E-state index in [0.29, 0.717) is 5.89 Å². The average molecular weight is 934 g/mol. The summed E-state index contributed by atoms with van der Waals surface area (Å²) in [5, 5.41) is 6.91. The molecule has 0 amide bonds. The lowest BCUT2D eigenvalue weighted by molar-refractivity contribution is 0.620. The molecule has 0 radical (unpaired) electrons. The Kier molecular flexibility index (Phi) is 9.53. The van der Waals surface area contributed by atoms with E-state index in [1.165, 1.54) is 51.5 Å². The van der Waals surface area contributed by atoms with Crippen molar-refractivity contribution in [1.82, 2.24) is 4.98 Å². The van der Waals surface area contributed by atoms with Gasteiger partial charge in [-0.25, -0.2) is 4.98 Å². The second-order valence-electron chi connectivity index (χ2n) is 17.5. The van der Waals surface area contributed by atoms with Gasteiger partial charge in [-0.1, -0.05) is 103 Å². The van der Waals surface area contributed by atoms with Crippen LogP contribution in [0, 0.1) is 0 Å². The molecule has 1 aliphatic rings. The molecule has 0 fully saturated rings. The first-order chi connectivity index (χ1) is 34.6. The summed E-state index contributed by atoms with van der Waals surface area (Å²) in [6, 6.07) is 81.9. The molecule has 0 aliphatic carbocycles. The first kappa shape index (κ1) is 40.4. The third kappa shape index (κ3) is 6.95. The van der Waals surface area contributed by atoms with Gasteiger partial charge in [0.1, 0.15) is 5.52 Å². The second kappa shape index (κ2) is 16.5. The molecule has 0 spiro atoms. The second-order valence-corrected chi connectivity index (χ2v) is 19.7. The first-order valence-electron chi connectivity index (χ1n) is 23.3. The summed E-state index contributed by atoms with van der Waals surface area (Å²) < 4.78 is 11.2. The average Bonchev–Trinajstić information content (AvgIpc) is 4.22. The lowest BCUT2D eigenvalue weighted by Crippen LogP contribution is -2.19. The standard InChI is InChI=1S/C62H39N5OS2/c1-3-12-42(13-4-1)66(44-27-22-39(23-28-44)61-63-53-18-7-8-19-54(53)64-61)46-32-35-58-52(37-46)51-36-41(26-34-57(51)69-58)48-16-11-17-50-49-33-31-47(38-59(49)70-60(48)50)67(43-14-5-2-6-15-43)45-29-24-40(25-30-45)62-65-55-20-9-10-21-56(55)68-62/h1-38,61H. The first-order valence-corrected chi connectivity index (χ1v) is 25.0. The summed E-state index contributed by atoms with van der Waals surface area (Å²) in [5.74, 6) is 0.616. The van der Waals surface area contributed by atoms with Gasteiger partial charge in [-0.2, -0.15) is 0 Å². The highest BCUT2D eigenvalue weighted by Gasteiger charge is 2.20. The van der Waals surface area contributed by atoms with Gasteiger partial charge in [-0.05, 0) is 144 Å². The number of anilines is 6. The number of hydrogen-bond donors (Lipinski definition) is 0. The van der Waals surface area contributed by atoms with Crippen molar-refractivity contribution in [2.75, 3.05) is 9.80 Å². The number of hydrogen-bond acceptors (Lipinski definition) is 8. The Morgan fingerprint density at radius 2 is 0.957 bits per heavy atom. The molecule has 10 aromatic carbocycles. The van der Waals surface area contributed by atoms with E-state index in [1.54, 1.807) is 0 Å². The monoisotopic (exact) mass is 933 g/mol. The minimum atomic E-state index is -0.233. The van der Waals surface area contributed by atoms with E-state index in [1.807, 2.05) is 71.2 Å². The van der Waals surface area contributed by atoms with Gasteiger partial charge in [0.15, 0.2) is 11.7 Å². The van der Waals surface area contributed by atoms with Gasteiger partial charge < -0.3 is 14.2 Å². The third-order valence-electron chi connectivity index (χ3n) is 13.3. The zero-order valence-electron chi connectivity index (χ0n) is 37.5. The summed E-state index contributed by atoms with van der Waals surface area (Å²) in [6.07, 6.45) is -0.233. The molecule has 13 aromatic rings. The van der Waals surface area contributed by atoms with E-state index in [0.717, 1.165) is 67.1 Å². The van der Waals surface area contributed by atoms with Gasteiger partial charge in [0.25, 0.3) is 0 Å². The van der Waals surface area contributed by atoms with Crippen molar-refractivity contribution in [3.63, 3.8) is 0 Å². The maximum Gasteiger partial charge on any atom is 0.227 e. The molecule has 14 rings (SSSR count). The van der Waals surface area contributed by atoms with Crippen molar-refractivity contribution < 1.29 is 4.42 Å².